The molecule has 0 saturated heterocycles. The Kier molecular flexibility index (Phi) is 2.67. The zero-order chi connectivity index (χ0) is 13.5. The van der Waals surface area contributed by atoms with E-state index in [1.54, 1.807) is 0 Å². The minimum absolute atomic E-state index is 0.474. The van der Waals surface area contributed by atoms with E-state index in [1.807, 2.05) is 18.2 Å². The molecule has 1 unspecified atom stereocenters. The van der Waals surface area contributed by atoms with Gasteiger partial charge in [-0.2, -0.15) is 0 Å². The second kappa shape index (κ2) is 4.53. The highest BCUT2D eigenvalue weighted by atomic mass is 16.5. The lowest BCUT2D eigenvalue weighted by Crippen LogP contribution is -2.24. The Morgan fingerprint density at radius 1 is 1.10 bits per heavy atom. The van der Waals surface area contributed by atoms with Crippen LogP contribution in [-0.2, 0) is 13.1 Å². The van der Waals surface area contributed by atoms with Crippen molar-refractivity contribution in [1.82, 2.24) is 4.90 Å². The number of fused-ring (bicyclic) bond motifs is 2. The van der Waals surface area contributed by atoms with E-state index in [0.29, 0.717) is 5.92 Å². The number of nitrogens with zero attached hydrogens (tertiary/aromatic N) is 1. The zero-order valence-corrected chi connectivity index (χ0v) is 11.4. The van der Waals surface area contributed by atoms with Gasteiger partial charge in [0.05, 0.1) is 6.61 Å². The van der Waals surface area contributed by atoms with Crippen LogP contribution < -0.4 is 10.5 Å². The molecule has 2 heterocycles. The number of nitrogens with two attached hydrogens (primary N) is 1. The second-order valence-electron chi connectivity index (χ2n) is 5.70. The van der Waals surface area contributed by atoms with Crippen LogP contribution in [0, 0.1) is 0 Å². The summed E-state index contributed by atoms with van der Waals surface area (Å²) in [5, 5.41) is 0. The Bertz CT molecular complexity index is 653. The standard InChI is InChI=1S/C17H18N2O/c18-16-6-3-4-12-8-19(10-15(12)16)9-13-11-20-17-7-2-1-5-14(13)17/h1-7,13H,8-11,18H2. The van der Waals surface area contributed by atoms with Crippen molar-refractivity contribution >= 4 is 5.69 Å². The van der Waals surface area contributed by atoms with Crippen molar-refractivity contribution < 1.29 is 4.74 Å². The third-order valence-corrected chi connectivity index (χ3v) is 4.36. The van der Waals surface area contributed by atoms with Gasteiger partial charge in [0.1, 0.15) is 5.75 Å². The highest BCUT2D eigenvalue weighted by Gasteiger charge is 2.28. The molecule has 2 aliphatic heterocycles. The fraction of sp³-hybridized carbons (Fsp3) is 0.294. The van der Waals surface area contributed by atoms with Gasteiger partial charge < -0.3 is 10.5 Å². The summed E-state index contributed by atoms with van der Waals surface area (Å²) in [6.45, 7) is 3.78. The molecule has 2 aromatic rings. The molecule has 0 radical (unpaired) electrons. The molecule has 102 valence electrons. The topological polar surface area (TPSA) is 38.5 Å². The van der Waals surface area contributed by atoms with Crippen LogP contribution >= 0.6 is 0 Å². The first-order valence-electron chi connectivity index (χ1n) is 7.11. The molecule has 0 aliphatic carbocycles. The number of hydrogen-bond acceptors (Lipinski definition) is 3. The SMILES string of the molecule is Nc1cccc2c1CN(CC1COc3ccccc31)C2. The first kappa shape index (κ1) is 11.8. The van der Waals surface area contributed by atoms with Crippen LogP contribution in [0.25, 0.3) is 0 Å². The highest BCUT2D eigenvalue weighted by Crippen LogP contribution is 2.36. The third-order valence-electron chi connectivity index (χ3n) is 4.36. The summed E-state index contributed by atoms with van der Waals surface area (Å²) in [5.41, 5.74) is 11.0. The number of anilines is 1. The second-order valence-corrected chi connectivity index (χ2v) is 5.70. The molecule has 2 aromatic carbocycles. The summed E-state index contributed by atoms with van der Waals surface area (Å²) in [5.74, 6) is 1.52. The number of rotatable bonds is 2. The van der Waals surface area contributed by atoms with Gasteiger partial charge in [-0.05, 0) is 23.3 Å². The van der Waals surface area contributed by atoms with E-state index in [1.165, 1.54) is 16.7 Å². The molecule has 0 aromatic heterocycles. The van der Waals surface area contributed by atoms with E-state index in [9.17, 15) is 0 Å². The van der Waals surface area contributed by atoms with Gasteiger partial charge in [-0.3, -0.25) is 4.90 Å². The highest BCUT2D eigenvalue weighted by molar-refractivity contribution is 5.52. The maximum atomic E-state index is 6.07. The average molecular weight is 266 g/mol. The lowest BCUT2D eigenvalue weighted by atomic mass is 10.0. The maximum absolute atomic E-state index is 6.07. The summed E-state index contributed by atoms with van der Waals surface area (Å²) < 4.78 is 5.77. The van der Waals surface area contributed by atoms with Crippen LogP contribution in [-0.4, -0.2) is 18.1 Å². The molecule has 3 nitrogen and oxygen atoms in total. The van der Waals surface area contributed by atoms with Crippen molar-refractivity contribution in [2.75, 3.05) is 18.9 Å². The Labute approximate surface area is 119 Å². The molecular formula is C17H18N2O. The van der Waals surface area contributed by atoms with E-state index >= 15 is 0 Å². The van der Waals surface area contributed by atoms with Crippen molar-refractivity contribution in [2.45, 2.75) is 19.0 Å². The Morgan fingerprint density at radius 2 is 2.00 bits per heavy atom. The summed E-state index contributed by atoms with van der Waals surface area (Å²) >= 11 is 0. The third kappa shape index (κ3) is 1.86. The van der Waals surface area contributed by atoms with E-state index in [0.717, 1.165) is 37.7 Å². The maximum Gasteiger partial charge on any atom is 0.122 e. The van der Waals surface area contributed by atoms with Gasteiger partial charge in [0.15, 0.2) is 0 Å². The van der Waals surface area contributed by atoms with Gasteiger partial charge in [0.25, 0.3) is 0 Å². The van der Waals surface area contributed by atoms with Gasteiger partial charge in [-0.1, -0.05) is 30.3 Å². The molecule has 4 rings (SSSR count). The minimum atomic E-state index is 0.474. The first-order valence-corrected chi connectivity index (χ1v) is 7.11. The quantitative estimate of drug-likeness (QED) is 0.849. The molecule has 0 amide bonds. The Morgan fingerprint density at radius 3 is 2.90 bits per heavy atom. The molecule has 0 spiro atoms. The number of nitrogen functional groups attached to an aromatic ring is 1. The smallest absolute Gasteiger partial charge is 0.122 e. The normalized spacial score (nSPS) is 20.5. The summed E-state index contributed by atoms with van der Waals surface area (Å²) in [4.78, 5) is 2.47. The van der Waals surface area contributed by atoms with Gasteiger partial charge in [-0.25, -0.2) is 0 Å². The zero-order valence-electron chi connectivity index (χ0n) is 11.4. The molecule has 0 saturated carbocycles. The van der Waals surface area contributed by atoms with Crippen molar-refractivity contribution in [3.8, 4) is 5.75 Å². The van der Waals surface area contributed by atoms with E-state index in [2.05, 4.69) is 29.2 Å². The van der Waals surface area contributed by atoms with Crippen LogP contribution in [0.2, 0.25) is 0 Å². The van der Waals surface area contributed by atoms with Gasteiger partial charge in [0, 0.05) is 36.8 Å². The summed E-state index contributed by atoms with van der Waals surface area (Å²) in [7, 11) is 0. The fourth-order valence-corrected chi connectivity index (χ4v) is 3.34. The fourth-order valence-electron chi connectivity index (χ4n) is 3.34. The monoisotopic (exact) mass is 266 g/mol. The van der Waals surface area contributed by atoms with Gasteiger partial charge in [0.2, 0.25) is 0 Å². The van der Waals surface area contributed by atoms with Crippen molar-refractivity contribution in [2.24, 2.45) is 0 Å². The number of benzene rings is 2. The largest absolute Gasteiger partial charge is 0.493 e. The number of hydrogen-bond donors (Lipinski definition) is 1. The van der Waals surface area contributed by atoms with Crippen molar-refractivity contribution in [1.29, 1.82) is 0 Å². The van der Waals surface area contributed by atoms with Crippen molar-refractivity contribution in [3.63, 3.8) is 0 Å². The predicted octanol–water partition coefficient (Wildman–Crippen LogP) is 2.76. The predicted molar refractivity (Wildman–Crippen MR) is 79.6 cm³/mol. The summed E-state index contributed by atoms with van der Waals surface area (Å²) in [6.07, 6.45) is 0. The van der Waals surface area contributed by atoms with E-state index in [-0.39, 0.29) is 0 Å². The average Bonchev–Trinajstić information content (AvgIpc) is 3.05. The van der Waals surface area contributed by atoms with Crippen LogP contribution in [0.5, 0.6) is 5.75 Å². The number of para-hydroxylation sites is 1. The lowest BCUT2D eigenvalue weighted by molar-refractivity contribution is 0.237. The number of ether oxygens (including phenoxy) is 1. The lowest BCUT2D eigenvalue weighted by Gasteiger charge is -2.19. The van der Waals surface area contributed by atoms with Crippen molar-refractivity contribution in [3.05, 3.63) is 59.2 Å². The van der Waals surface area contributed by atoms with Crippen LogP contribution in [0.1, 0.15) is 22.6 Å². The molecule has 1 atom stereocenters. The minimum Gasteiger partial charge on any atom is -0.493 e. The van der Waals surface area contributed by atoms with Gasteiger partial charge >= 0.3 is 0 Å². The van der Waals surface area contributed by atoms with E-state index in [4.69, 9.17) is 10.5 Å². The Balaban J connectivity index is 1.52. The molecule has 0 fully saturated rings. The molecule has 0 bridgehead atoms. The molecule has 20 heavy (non-hydrogen) atoms. The van der Waals surface area contributed by atoms with E-state index < -0.39 is 0 Å². The van der Waals surface area contributed by atoms with Crippen LogP contribution in [0.3, 0.4) is 0 Å². The molecular weight excluding hydrogens is 248 g/mol. The van der Waals surface area contributed by atoms with Gasteiger partial charge in [-0.15, -0.1) is 0 Å². The molecule has 2 aliphatic rings. The van der Waals surface area contributed by atoms with Crippen LogP contribution in [0.4, 0.5) is 5.69 Å². The molecule has 3 heteroatoms. The summed E-state index contributed by atoms with van der Waals surface area (Å²) in [6, 6.07) is 14.6. The Hall–Kier alpha value is -2.00. The van der Waals surface area contributed by atoms with Crippen LogP contribution in [0.15, 0.2) is 42.5 Å². The molecule has 2 N–H and O–H groups in total. The first-order chi connectivity index (χ1) is 9.81.